The molecule has 1 aliphatic rings. The number of aromatic nitrogens is 2. The van der Waals surface area contributed by atoms with Crippen LogP contribution in [-0.2, 0) is 16.1 Å². The highest BCUT2D eigenvalue weighted by molar-refractivity contribution is 5.05. The second-order valence-electron chi connectivity index (χ2n) is 4.47. The van der Waals surface area contributed by atoms with Crippen LogP contribution in [-0.4, -0.2) is 44.7 Å². The largest absolute Gasteiger partial charge is 0.394 e. The molecule has 0 aromatic carbocycles. The average molecular weight is 290 g/mol. The Labute approximate surface area is 112 Å². The fourth-order valence-electron chi connectivity index (χ4n) is 2.16. The number of ether oxygens (including phenoxy) is 1. The summed E-state index contributed by atoms with van der Waals surface area (Å²) in [5.41, 5.74) is -1.05. The molecule has 4 atom stereocenters. The van der Waals surface area contributed by atoms with Gasteiger partial charge in [-0.3, -0.25) is 14.3 Å². The van der Waals surface area contributed by atoms with Crippen molar-refractivity contribution in [3.05, 3.63) is 32.6 Å². The van der Waals surface area contributed by atoms with Gasteiger partial charge in [0.05, 0.1) is 6.61 Å². The van der Waals surface area contributed by atoms with Crippen molar-refractivity contribution in [2.45, 2.75) is 37.9 Å². The predicted octanol–water partition coefficient (Wildman–Crippen LogP) is -1.38. The summed E-state index contributed by atoms with van der Waals surface area (Å²) in [7, 11) is 0. The molecule has 1 fully saturated rings. The van der Waals surface area contributed by atoms with Crippen molar-refractivity contribution in [2.75, 3.05) is 6.61 Å². The Kier molecular flexibility index (Phi) is 4.33. The fourth-order valence-corrected chi connectivity index (χ4v) is 2.16. The van der Waals surface area contributed by atoms with Gasteiger partial charge in [0, 0.05) is 11.8 Å². The van der Waals surface area contributed by atoms with Crippen molar-refractivity contribution in [1.29, 1.82) is 0 Å². The molecule has 8 nitrogen and oxygen atoms in total. The van der Waals surface area contributed by atoms with Gasteiger partial charge in [0.2, 0.25) is 0 Å². The van der Waals surface area contributed by atoms with Gasteiger partial charge in [-0.05, 0) is 10.9 Å². The van der Waals surface area contributed by atoms with Crippen LogP contribution in [0.4, 0.5) is 4.53 Å². The number of hydrogen-bond donors (Lipinski definition) is 3. The van der Waals surface area contributed by atoms with Crippen molar-refractivity contribution < 1.29 is 24.4 Å². The van der Waals surface area contributed by atoms with Crippen molar-refractivity contribution in [3.8, 4) is 0 Å². The second kappa shape index (κ2) is 5.83. The highest BCUT2D eigenvalue weighted by Crippen LogP contribution is 2.30. The average Bonchev–Trinajstić information content (AvgIpc) is 2.75. The minimum absolute atomic E-state index is 0.299. The number of aliphatic hydroxyl groups excluding tert-OH is 2. The highest BCUT2D eigenvalue weighted by Gasteiger charge is 2.46. The number of hydrogen-bond acceptors (Lipinski definition) is 6. The van der Waals surface area contributed by atoms with Crippen LogP contribution in [0.25, 0.3) is 0 Å². The number of nitrogens with zero attached hydrogens (tertiary/aromatic N) is 1. The lowest BCUT2D eigenvalue weighted by Gasteiger charge is -2.18. The van der Waals surface area contributed by atoms with E-state index in [2.05, 4.69) is 9.93 Å². The van der Waals surface area contributed by atoms with Crippen molar-refractivity contribution in [2.24, 2.45) is 0 Å². The Hall–Kier alpha value is -1.55. The zero-order valence-corrected chi connectivity index (χ0v) is 10.7. The van der Waals surface area contributed by atoms with Gasteiger partial charge in [0.1, 0.15) is 12.2 Å². The molecule has 0 spiro atoms. The normalized spacial score (nSPS) is 29.8. The van der Waals surface area contributed by atoms with E-state index in [-0.39, 0.29) is 0 Å². The number of aromatic amines is 1. The smallest absolute Gasteiger partial charge is 0.330 e. The maximum atomic E-state index is 12.6. The first-order valence-electron chi connectivity index (χ1n) is 6.09. The quantitative estimate of drug-likeness (QED) is 0.630. The second-order valence-corrected chi connectivity index (χ2v) is 4.47. The van der Waals surface area contributed by atoms with Crippen LogP contribution in [0.5, 0.6) is 0 Å². The van der Waals surface area contributed by atoms with Gasteiger partial charge in [0.15, 0.2) is 12.3 Å². The van der Waals surface area contributed by atoms with Crippen LogP contribution < -0.4 is 11.2 Å². The molecule has 3 N–H and O–H groups in total. The molecule has 1 aromatic heterocycles. The first-order chi connectivity index (χ1) is 9.53. The molecule has 2 heterocycles. The van der Waals surface area contributed by atoms with Gasteiger partial charge < -0.3 is 14.9 Å². The summed E-state index contributed by atoms with van der Waals surface area (Å²) in [5, 5.41) is 18.7. The van der Waals surface area contributed by atoms with E-state index in [9.17, 15) is 19.2 Å². The molecule has 112 valence electrons. The molecule has 2 rings (SSSR count). The van der Waals surface area contributed by atoms with Crippen LogP contribution >= 0.6 is 0 Å². The molecule has 1 unspecified atom stereocenters. The van der Waals surface area contributed by atoms with Gasteiger partial charge in [-0.25, -0.2) is 4.79 Å². The molecule has 0 aliphatic carbocycles. The molecular weight excluding hydrogens is 275 g/mol. The number of aryl methyl sites for hydroxylation is 1. The summed E-state index contributed by atoms with van der Waals surface area (Å²) >= 11 is 0. The minimum Gasteiger partial charge on any atom is -0.394 e. The van der Waals surface area contributed by atoms with Gasteiger partial charge in [-0.15, -0.1) is 0 Å². The summed E-state index contributed by atoms with van der Waals surface area (Å²) in [5.74, 6) is 0. The van der Waals surface area contributed by atoms with Crippen LogP contribution in [0.3, 0.4) is 0 Å². The van der Waals surface area contributed by atoms with E-state index in [1.807, 2.05) is 0 Å². The molecule has 1 aromatic rings. The highest BCUT2D eigenvalue weighted by atomic mass is 19.3. The third-order valence-corrected chi connectivity index (χ3v) is 3.29. The number of halogens is 1. The Morgan fingerprint density at radius 1 is 1.55 bits per heavy atom. The zero-order valence-electron chi connectivity index (χ0n) is 10.7. The topological polar surface area (TPSA) is 114 Å². The van der Waals surface area contributed by atoms with Crippen molar-refractivity contribution >= 4 is 0 Å². The summed E-state index contributed by atoms with van der Waals surface area (Å²) < 4.78 is 18.7. The maximum absolute atomic E-state index is 12.6. The van der Waals surface area contributed by atoms with Crippen molar-refractivity contribution in [1.82, 2.24) is 9.55 Å². The molecule has 0 saturated carbocycles. The van der Waals surface area contributed by atoms with Crippen LogP contribution in [0.2, 0.25) is 0 Å². The van der Waals surface area contributed by atoms with E-state index in [0.717, 1.165) is 4.57 Å². The van der Waals surface area contributed by atoms with E-state index in [4.69, 9.17) is 9.84 Å². The van der Waals surface area contributed by atoms with Gasteiger partial charge in [0.25, 0.3) is 5.56 Å². The molecule has 1 saturated heterocycles. The third-order valence-electron chi connectivity index (χ3n) is 3.29. The number of H-pyrrole nitrogens is 1. The predicted molar refractivity (Wildman–Crippen MR) is 63.7 cm³/mol. The van der Waals surface area contributed by atoms with Crippen LogP contribution in [0.15, 0.2) is 15.8 Å². The molecular formula is C11H15FN2O6. The maximum Gasteiger partial charge on any atom is 0.330 e. The Morgan fingerprint density at radius 2 is 2.25 bits per heavy atom. The number of nitrogens with one attached hydrogen (secondary N) is 1. The van der Waals surface area contributed by atoms with Crippen LogP contribution in [0.1, 0.15) is 18.7 Å². The number of aliphatic hydroxyl groups is 2. The van der Waals surface area contributed by atoms with E-state index in [1.54, 1.807) is 6.92 Å². The lowest BCUT2D eigenvalue weighted by atomic mass is 10.1. The van der Waals surface area contributed by atoms with Crippen molar-refractivity contribution in [3.63, 3.8) is 0 Å². The zero-order chi connectivity index (χ0) is 14.9. The molecule has 9 heteroatoms. The SMILES string of the molecule is CCc1cn(C2O[C@H](CO)[C@@H](O)[C@@H]2OF)c(=O)[nH]c1=O. The molecule has 1 aliphatic heterocycles. The molecule has 0 radical (unpaired) electrons. The molecule has 0 amide bonds. The van der Waals surface area contributed by atoms with E-state index in [0.29, 0.717) is 12.0 Å². The first-order valence-corrected chi connectivity index (χ1v) is 6.09. The Bertz CT molecular complexity index is 585. The minimum atomic E-state index is -1.47. The van der Waals surface area contributed by atoms with Crippen LogP contribution in [0, 0.1) is 0 Å². The number of rotatable bonds is 4. The van der Waals surface area contributed by atoms with E-state index < -0.39 is 42.4 Å². The Morgan fingerprint density at radius 3 is 2.80 bits per heavy atom. The van der Waals surface area contributed by atoms with Gasteiger partial charge in [-0.1, -0.05) is 6.92 Å². The van der Waals surface area contributed by atoms with Gasteiger partial charge in [-0.2, -0.15) is 4.94 Å². The monoisotopic (exact) mass is 290 g/mol. The lowest BCUT2D eigenvalue weighted by molar-refractivity contribution is -0.221. The van der Waals surface area contributed by atoms with Gasteiger partial charge >= 0.3 is 5.69 Å². The van der Waals surface area contributed by atoms with E-state index in [1.165, 1.54) is 6.20 Å². The summed E-state index contributed by atoms with van der Waals surface area (Å²) in [4.78, 5) is 29.0. The first kappa shape index (κ1) is 14.9. The third kappa shape index (κ3) is 2.40. The van der Waals surface area contributed by atoms with E-state index >= 15 is 0 Å². The summed E-state index contributed by atoms with van der Waals surface area (Å²) in [6, 6.07) is 0. The standard InChI is InChI=1S/C11H15FN2O6/c1-2-5-3-14(11(18)13-9(5)17)10-8(20-12)7(16)6(4-15)19-10/h3,6-8,10,15-16H,2,4H2,1H3,(H,13,17,18)/t6-,7-,8+,10?/m1/s1. The summed E-state index contributed by atoms with van der Waals surface area (Å²) in [6.07, 6.45) is -3.68. The molecule has 0 bridgehead atoms. The summed E-state index contributed by atoms with van der Waals surface area (Å²) in [6.45, 7) is 1.15. The fraction of sp³-hybridized carbons (Fsp3) is 0.636. The lowest BCUT2D eigenvalue weighted by Crippen LogP contribution is -2.39. The molecule has 20 heavy (non-hydrogen) atoms. The Balaban J connectivity index is 2.45.